The van der Waals surface area contributed by atoms with Gasteiger partial charge in [0.15, 0.2) is 0 Å². The second-order valence-corrected chi connectivity index (χ2v) is 4.61. The molecule has 0 aliphatic carbocycles. The lowest BCUT2D eigenvalue weighted by atomic mass is 9.78. The maximum Gasteiger partial charge on any atom is -0.00196 e. The fourth-order valence-electron chi connectivity index (χ4n) is 1.77. The van der Waals surface area contributed by atoms with E-state index in [1.807, 2.05) is 0 Å². The molecule has 0 aromatic carbocycles. The van der Waals surface area contributed by atoms with Gasteiger partial charge in [-0.1, -0.05) is 6.92 Å². The van der Waals surface area contributed by atoms with Crippen molar-refractivity contribution in [2.24, 2.45) is 5.41 Å². The zero-order valence-corrected chi connectivity index (χ0v) is 8.69. The molecular weight excluding hydrogens is 148 g/mol. The summed E-state index contributed by atoms with van der Waals surface area (Å²) in [6, 6.07) is 0. The van der Waals surface area contributed by atoms with Crippen LogP contribution in [0, 0.1) is 5.41 Å². The smallest absolute Gasteiger partial charge is 0.00196 e. The van der Waals surface area contributed by atoms with E-state index in [2.05, 4.69) is 31.2 Å². The van der Waals surface area contributed by atoms with Crippen LogP contribution in [0.15, 0.2) is 0 Å². The molecule has 72 valence electrons. The second kappa shape index (κ2) is 4.24. The third-order valence-electron chi connectivity index (χ3n) is 2.97. The minimum atomic E-state index is 0.607. The molecular formula is C10H22N2. The molecule has 2 heteroatoms. The van der Waals surface area contributed by atoms with Crippen LogP contribution in [-0.2, 0) is 0 Å². The Morgan fingerprint density at radius 2 is 1.83 bits per heavy atom. The van der Waals surface area contributed by atoms with Gasteiger partial charge in [-0.2, -0.15) is 0 Å². The van der Waals surface area contributed by atoms with E-state index in [0.717, 1.165) is 0 Å². The normalized spacial score (nSPS) is 23.0. The van der Waals surface area contributed by atoms with Gasteiger partial charge in [0.05, 0.1) is 0 Å². The quantitative estimate of drug-likeness (QED) is 0.687. The van der Waals surface area contributed by atoms with Crippen molar-refractivity contribution in [1.29, 1.82) is 0 Å². The Morgan fingerprint density at radius 1 is 1.25 bits per heavy atom. The van der Waals surface area contributed by atoms with Crippen molar-refractivity contribution in [3.05, 3.63) is 0 Å². The highest BCUT2D eigenvalue weighted by Crippen LogP contribution is 2.31. The van der Waals surface area contributed by atoms with Gasteiger partial charge in [0.1, 0.15) is 0 Å². The number of rotatable bonds is 3. The van der Waals surface area contributed by atoms with Crippen LogP contribution in [0.3, 0.4) is 0 Å². The van der Waals surface area contributed by atoms with Crippen molar-refractivity contribution < 1.29 is 0 Å². The number of piperidine rings is 1. The molecule has 1 N–H and O–H groups in total. The lowest BCUT2D eigenvalue weighted by Gasteiger charge is -2.34. The minimum Gasteiger partial charge on any atom is -0.317 e. The minimum absolute atomic E-state index is 0.607. The Labute approximate surface area is 76.3 Å². The van der Waals surface area contributed by atoms with Crippen molar-refractivity contribution >= 4 is 0 Å². The van der Waals surface area contributed by atoms with E-state index in [4.69, 9.17) is 0 Å². The summed E-state index contributed by atoms with van der Waals surface area (Å²) in [7, 11) is 4.31. The Hall–Kier alpha value is -0.0800. The van der Waals surface area contributed by atoms with Crippen molar-refractivity contribution in [3.63, 3.8) is 0 Å². The molecule has 0 atom stereocenters. The Kier molecular flexibility index (Phi) is 3.53. The van der Waals surface area contributed by atoms with Crippen LogP contribution < -0.4 is 5.32 Å². The summed E-state index contributed by atoms with van der Waals surface area (Å²) in [6.07, 6.45) is 4.04. The highest BCUT2D eigenvalue weighted by atomic mass is 15.0. The van der Waals surface area contributed by atoms with Gasteiger partial charge in [-0.25, -0.2) is 0 Å². The van der Waals surface area contributed by atoms with E-state index in [0.29, 0.717) is 5.41 Å². The van der Waals surface area contributed by atoms with Gasteiger partial charge in [-0.15, -0.1) is 0 Å². The average molecular weight is 170 g/mol. The van der Waals surface area contributed by atoms with Crippen LogP contribution in [0.2, 0.25) is 0 Å². The molecule has 0 bridgehead atoms. The summed E-state index contributed by atoms with van der Waals surface area (Å²) >= 11 is 0. The molecule has 0 saturated carbocycles. The fourth-order valence-corrected chi connectivity index (χ4v) is 1.77. The summed E-state index contributed by atoms with van der Waals surface area (Å²) in [5, 5.41) is 3.41. The largest absolute Gasteiger partial charge is 0.317 e. The Bertz CT molecular complexity index is 126. The van der Waals surface area contributed by atoms with Crippen LogP contribution in [-0.4, -0.2) is 38.6 Å². The van der Waals surface area contributed by atoms with Crippen molar-refractivity contribution in [1.82, 2.24) is 10.2 Å². The molecule has 12 heavy (non-hydrogen) atoms. The number of hydrogen-bond acceptors (Lipinski definition) is 2. The molecule has 0 unspecified atom stereocenters. The second-order valence-electron chi connectivity index (χ2n) is 4.61. The van der Waals surface area contributed by atoms with Gasteiger partial charge in [0, 0.05) is 0 Å². The van der Waals surface area contributed by atoms with Gasteiger partial charge in [0.2, 0.25) is 0 Å². The van der Waals surface area contributed by atoms with E-state index in [-0.39, 0.29) is 0 Å². The summed E-state index contributed by atoms with van der Waals surface area (Å²) in [5.41, 5.74) is 0.607. The lowest BCUT2D eigenvalue weighted by Crippen LogP contribution is -2.36. The van der Waals surface area contributed by atoms with E-state index in [1.54, 1.807) is 0 Å². The van der Waals surface area contributed by atoms with Crippen molar-refractivity contribution in [2.75, 3.05) is 33.7 Å². The molecule has 1 aliphatic rings. The first-order chi connectivity index (χ1) is 5.62. The fraction of sp³-hybridized carbons (Fsp3) is 1.00. The van der Waals surface area contributed by atoms with Gasteiger partial charge in [-0.3, -0.25) is 0 Å². The zero-order valence-electron chi connectivity index (χ0n) is 8.69. The van der Waals surface area contributed by atoms with Crippen LogP contribution >= 0.6 is 0 Å². The third kappa shape index (κ3) is 3.11. The van der Waals surface area contributed by atoms with Crippen LogP contribution in [0.4, 0.5) is 0 Å². The first-order valence-electron chi connectivity index (χ1n) is 4.98. The van der Waals surface area contributed by atoms with Gasteiger partial charge in [-0.05, 0) is 58.4 Å². The lowest BCUT2D eigenvalue weighted by molar-refractivity contribution is 0.188. The summed E-state index contributed by atoms with van der Waals surface area (Å²) in [4.78, 5) is 2.29. The van der Waals surface area contributed by atoms with Crippen LogP contribution in [0.5, 0.6) is 0 Å². The molecule has 0 aromatic heterocycles. The molecule has 0 amide bonds. The standard InChI is InChI=1S/C10H22N2/c1-10(6-9-12(2)3)4-7-11-8-5-10/h11H,4-9H2,1-3H3. The van der Waals surface area contributed by atoms with Crippen molar-refractivity contribution in [2.45, 2.75) is 26.2 Å². The van der Waals surface area contributed by atoms with Gasteiger partial charge >= 0.3 is 0 Å². The maximum absolute atomic E-state index is 3.41. The maximum atomic E-state index is 3.41. The Balaban J connectivity index is 2.26. The summed E-state index contributed by atoms with van der Waals surface area (Å²) in [6.45, 7) is 6.09. The molecule has 1 rings (SSSR count). The molecule has 2 nitrogen and oxygen atoms in total. The van der Waals surface area contributed by atoms with E-state index in [1.165, 1.54) is 38.9 Å². The number of nitrogens with one attached hydrogen (secondary N) is 1. The van der Waals surface area contributed by atoms with Crippen LogP contribution in [0.25, 0.3) is 0 Å². The van der Waals surface area contributed by atoms with E-state index >= 15 is 0 Å². The van der Waals surface area contributed by atoms with Gasteiger partial charge in [0.25, 0.3) is 0 Å². The van der Waals surface area contributed by atoms with Crippen LogP contribution in [0.1, 0.15) is 26.2 Å². The monoisotopic (exact) mass is 170 g/mol. The number of nitrogens with zero attached hydrogens (tertiary/aromatic N) is 1. The molecule has 0 radical (unpaired) electrons. The predicted octanol–water partition coefficient (Wildman–Crippen LogP) is 1.33. The molecule has 0 aromatic rings. The first-order valence-corrected chi connectivity index (χ1v) is 4.98. The molecule has 0 spiro atoms. The van der Waals surface area contributed by atoms with Gasteiger partial charge < -0.3 is 10.2 Å². The summed E-state index contributed by atoms with van der Waals surface area (Å²) in [5.74, 6) is 0. The van der Waals surface area contributed by atoms with E-state index in [9.17, 15) is 0 Å². The molecule has 1 saturated heterocycles. The Morgan fingerprint density at radius 3 is 2.33 bits per heavy atom. The van der Waals surface area contributed by atoms with Crippen molar-refractivity contribution in [3.8, 4) is 0 Å². The molecule has 1 heterocycles. The zero-order chi connectivity index (χ0) is 9.03. The number of hydrogen-bond donors (Lipinski definition) is 1. The average Bonchev–Trinajstić information content (AvgIpc) is 2.03. The summed E-state index contributed by atoms with van der Waals surface area (Å²) < 4.78 is 0. The molecule has 1 fully saturated rings. The highest BCUT2D eigenvalue weighted by molar-refractivity contribution is 4.80. The van der Waals surface area contributed by atoms with E-state index < -0.39 is 0 Å². The highest BCUT2D eigenvalue weighted by Gasteiger charge is 2.25. The molecule has 1 aliphatic heterocycles. The third-order valence-corrected chi connectivity index (χ3v) is 2.97. The SMILES string of the molecule is CN(C)CCC1(C)CCNCC1. The topological polar surface area (TPSA) is 15.3 Å². The predicted molar refractivity (Wildman–Crippen MR) is 53.4 cm³/mol. The first kappa shape index (κ1) is 10.0.